The predicted octanol–water partition coefficient (Wildman–Crippen LogP) is 2.88. The van der Waals surface area contributed by atoms with Crippen molar-refractivity contribution in [2.75, 3.05) is 6.61 Å². The molecular formula is C14H13BrN2O3. The molecule has 0 fully saturated rings. The fourth-order valence-electron chi connectivity index (χ4n) is 1.43. The molecule has 0 aliphatic carbocycles. The lowest BCUT2D eigenvalue weighted by atomic mass is 10.2. The van der Waals surface area contributed by atoms with Crippen LogP contribution in [0.4, 0.5) is 0 Å². The van der Waals surface area contributed by atoms with Gasteiger partial charge >= 0.3 is 0 Å². The van der Waals surface area contributed by atoms with Crippen molar-refractivity contribution in [1.82, 2.24) is 5.43 Å². The maximum absolute atomic E-state index is 11.5. The van der Waals surface area contributed by atoms with Crippen LogP contribution in [0.25, 0.3) is 0 Å². The molecule has 5 nitrogen and oxygen atoms in total. The predicted molar refractivity (Wildman–Crippen MR) is 78.8 cm³/mol. The smallest absolute Gasteiger partial charge is 0.277 e. The summed E-state index contributed by atoms with van der Waals surface area (Å²) in [6.45, 7) is 1.86. The molecule has 0 bridgehead atoms. The van der Waals surface area contributed by atoms with E-state index in [9.17, 15) is 4.79 Å². The summed E-state index contributed by atoms with van der Waals surface area (Å²) in [5.74, 6) is 0.827. The van der Waals surface area contributed by atoms with E-state index in [2.05, 4.69) is 26.5 Å². The highest BCUT2D eigenvalue weighted by atomic mass is 79.9. The van der Waals surface area contributed by atoms with Gasteiger partial charge in [0.1, 0.15) is 11.5 Å². The Morgan fingerprint density at radius 1 is 1.50 bits per heavy atom. The van der Waals surface area contributed by atoms with Gasteiger partial charge in [0, 0.05) is 0 Å². The molecule has 1 aromatic carbocycles. The van der Waals surface area contributed by atoms with Gasteiger partial charge in [0.2, 0.25) is 0 Å². The number of carbonyl (C=O) groups excluding carboxylic acids is 1. The number of nitrogens with zero attached hydrogens (tertiary/aromatic N) is 1. The highest BCUT2D eigenvalue weighted by Gasteiger charge is 2.05. The van der Waals surface area contributed by atoms with Crippen LogP contribution >= 0.6 is 15.9 Å². The van der Waals surface area contributed by atoms with Gasteiger partial charge in [0.25, 0.3) is 5.91 Å². The molecule has 0 spiro atoms. The molecule has 1 amide bonds. The number of ether oxygens (including phenoxy) is 1. The van der Waals surface area contributed by atoms with Crippen molar-refractivity contribution >= 4 is 28.1 Å². The van der Waals surface area contributed by atoms with Crippen molar-refractivity contribution < 1.29 is 13.9 Å². The number of amides is 1. The van der Waals surface area contributed by atoms with E-state index < -0.39 is 0 Å². The molecule has 0 saturated carbocycles. The molecule has 1 N–H and O–H groups in total. The highest BCUT2D eigenvalue weighted by Crippen LogP contribution is 2.25. The monoisotopic (exact) mass is 336 g/mol. The third kappa shape index (κ3) is 4.24. The first-order chi connectivity index (χ1) is 9.65. The summed E-state index contributed by atoms with van der Waals surface area (Å²) in [6, 6.07) is 9.10. The molecule has 0 radical (unpaired) electrons. The lowest BCUT2D eigenvalue weighted by molar-refractivity contribution is -0.123. The van der Waals surface area contributed by atoms with Crippen LogP contribution in [0.15, 0.2) is 50.6 Å². The Hall–Kier alpha value is -2.08. The number of rotatable bonds is 5. The Labute approximate surface area is 124 Å². The van der Waals surface area contributed by atoms with E-state index in [1.807, 2.05) is 19.1 Å². The van der Waals surface area contributed by atoms with Crippen LogP contribution in [0, 0.1) is 6.92 Å². The number of hydrogen-bond acceptors (Lipinski definition) is 4. The zero-order valence-electron chi connectivity index (χ0n) is 10.8. The summed E-state index contributed by atoms with van der Waals surface area (Å²) in [5, 5.41) is 3.75. The fourth-order valence-corrected chi connectivity index (χ4v) is 2.04. The zero-order chi connectivity index (χ0) is 14.4. The van der Waals surface area contributed by atoms with Crippen molar-refractivity contribution in [2.45, 2.75) is 6.92 Å². The summed E-state index contributed by atoms with van der Waals surface area (Å²) in [4.78, 5) is 11.5. The molecule has 0 aliphatic rings. The SMILES string of the molecule is Cc1ccc(OCC(=O)N/N=C\c2ccco2)c(Br)c1. The van der Waals surface area contributed by atoms with Crippen LogP contribution in [0.2, 0.25) is 0 Å². The minimum absolute atomic E-state index is 0.114. The number of hydrogen-bond donors (Lipinski definition) is 1. The van der Waals surface area contributed by atoms with Crippen molar-refractivity contribution in [3.8, 4) is 5.75 Å². The van der Waals surface area contributed by atoms with E-state index in [4.69, 9.17) is 9.15 Å². The first-order valence-electron chi connectivity index (χ1n) is 5.89. The first kappa shape index (κ1) is 14.3. The first-order valence-corrected chi connectivity index (χ1v) is 6.69. The average Bonchev–Trinajstić information content (AvgIpc) is 2.91. The van der Waals surface area contributed by atoms with E-state index in [1.54, 1.807) is 18.2 Å². The molecular weight excluding hydrogens is 324 g/mol. The minimum atomic E-state index is -0.347. The van der Waals surface area contributed by atoms with Gasteiger partial charge in [-0.05, 0) is 52.7 Å². The summed E-state index contributed by atoms with van der Waals surface area (Å²) < 4.78 is 11.2. The van der Waals surface area contributed by atoms with E-state index >= 15 is 0 Å². The number of hydrazone groups is 1. The number of halogens is 1. The molecule has 2 aromatic rings. The number of aryl methyl sites for hydroxylation is 1. The quantitative estimate of drug-likeness (QED) is 0.674. The molecule has 0 saturated heterocycles. The summed E-state index contributed by atoms with van der Waals surface area (Å²) in [5.41, 5.74) is 3.46. The van der Waals surface area contributed by atoms with Crippen LogP contribution < -0.4 is 10.2 Å². The zero-order valence-corrected chi connectivity index (χ0v) is 12.4. The second-order valence-corrected chi connectivity index (χ2v) is 4.89. The second-order valence-electron chi connectivity index (χ2n) is 4.03. The van der Waals surface area contributed by atoms with Crippen molar-refractivity contribution in [1.29, 1.82) is 0 Å². The van der Waals surface area contributed by atoms with Crippen molar-refractivity contribution in [2.24, 2.45) is 5.10 Å². The Morgan fingerprint density at radius 3 is 3.05 bits per heavy atom. The molecule has 1 heterocycles. The summed E-state index contributed by atoms with van der Waals surface area (Å²) in [6.07, 6.45) is 2.95. The van der Waals surface area contributed by atoms with Gasteiger partial charge in [-0.2, -0.15) is 5.10 Å². The maximum Gasteiger partial charge on any atom is 0.277 e. The molecule has 6 heteroatoms. The molecule has 2 rings (SSSR count). The van der Waals surface area contributed by atoms with Gasteiger partial charge in [-0.1, -0.05) is 6.07 Å². The lowest BCUT2D eigenvalue weighted by Gasteiger charge is -2.07. The molecule has 0 atom stereocenters. The van der Waals surface area contributed by atoms with Gasteiger partial charge < -0.3 is 9.15 Å². The largest absolute Gasteiger partial charge is 0.483 e. The van der Waals surface area contributed by atoms with Crippen LogP contribution in [0.3, 0.4) is 0 Å². The normalized spacial score (nSPS) is 10.7. The lowest BCUT2D eigenvalue weighted by Crippen LogP contribution is -2.24. The van der Waals surface area contributed by atoms with Gasteiger partial charge in [0.05, 0.1) is 17.0 Å². The molecule has 20 heavy (non-hydrogen) atoms. The Balaban J connectivity index is 1.80. The summed E-state index contributed by atoms with van der Waals surface area (Å²) >= 11 is 3.38. The van der Waals surface area contributed by atoms with Crippen LogP contribution in [-0.2, 0) is 4.79 Å². The van der Waals surface area contributed by atoms with Crippen LogP contribution in [0.5, 0.6) is 5.75 Å². The van der Waals surface area contributed by atoms with E-state index in [0.29, 0.717) is 11.5 Å². The van der Waals surface area contributed by atoms with Gasteiger partial charge in [0.15, 0.2) is 6.61 Å². The number of carbonyl (C=O) groups is 1. The molecule has 104 valence electrons. The van der Waals surface area contributed by atoms with Crippen molar-refractivity contribution in [3.63, 3.8) is 0 Å². The highest BCUT2D eigenvalue weighted by molar-refractivity contribution is 9.10. The van der Waals surface area contributed by atoms with Gasteiger partial charge in [-0.15, -0.1) is 0 Å². The maximum atomic E-state index is 11.5. The molecule has 0 unspecified atom stereocenters. The average molecular weight is 337 g/mol. The Morgan fingerprint density at radius 2 is 2.35 bits per heavy atom. The van der Waals surface area contributed by atoms with E-state index in [1.165, 1.54) is 12.5 Å². The molecule has 0 aliphatic heterocycles. The third-order valence-electron chi connectivity index (χ3n) is 2.37. The Kier molecular flexibility index (Phi) is 4.95. The van der Waals surface area contributed by atoms with E-state index in [-0.39, 0.29) is 12.5 Å². The van der Waals surface area contributed by atoms with Crippen molar-refractivity contribution in [3.05, 3.63) is 52.4 Å². The minimum Gasteiger partial charge on any atom is -0.483 e. The van der Waals surface area contributed by atoms with Gasteiger partial charge in [-0.25, -0.2) is 5.43 Å². The number of furan rings is 1. The van der Waals surface area contributed by atoms with Crippen LogP contribution in [-0.4, -0.2) is 18.7 Å². The van der Waals surface area contributed by atoms with Gasteiger partial charge in [-0.3, -0.25) is 4.79 Å². The topological polar surface area (TPSA) is 63.8 Å². The second kappa shape index (κ2) is 6.91. The fraction of sp³-hybridized carbons (Fsp3) is 0.143. The summed E-state index contributed by atoms with van der Waals surface area (Å²) in [7, 11) is 0. The Bertz CT molecular complexity index is 609. The third-order valence-corrected chi connectivity index (χ3v) is 2.99. The van der Waals surface area contributed by atoms with E-state index in [0.717, 1.165) is 10.0 Å². The molecule has 1 aromatic heterocycles. The standard InChI is InChI=1S/C14H13BrN2O3/c1-10-4-5-13(12(15)7-10)20-9-14(18)17-16-8-11-3-2-6-19-11/h2-8H,9H2,1H3,(H,17,18)/b16-8-. The number of benzene rings is 1. The van der Waals surface area contributed by atoms with Crippen LogP contribution in [0.1, 0.15) is 11.3 Å². The number of nitrogens with one attached hydrogen (secondary N) is 1.